The van der Waals surface area contributed by atoms with Gasteiger partial charge in [0.1, 0.15) is 6.54 Å². The molecule has 6 nitrogen and oxygen atoms in total. The highest BCUT2D eigenvalue weighted by Crippen LogP contribution is 2.25. The molecule has 1 aromatic heterocycles. The number of hydrogen-bond acceptors (Lipinski definition) is 4. The lowest BCUT2D eigenvalue weighted by Gasteiger charge is -2.37. The summed E-state index contributed by atoms with van der Waals surface area (Å²) in [7, 11) is 0. The molecule has 1 saturated heterocycles. The normalized spacial score (nSPS) is 14.0. The Hall–Kier alpha value is -2.64. The maximum atomic E-state index is 12.9. The van der Waals surface area contributed by atoms with Gasteiger partial charge >= 0.3 is 0 Å². The summed E-state index contributed by atoms with van der Waals surface area (Å²) in [6.45, 7) is 4.60. The van der Waals surface area contributed by atoms with Gasteiger partial charge in [0.05, 0.1) is 5.69 Å². The van der Waals surface area contributed by atoms with Crippen LogP contribution in [0.25, 0.3) is 11.3 Å². The van der Waals surface area contributed by atoms with Gasteiger partial charge in [0.25, 0.3) is 5.56 Å². The first-order valence-electron chi connectivity index (χ1n) is 10.0. The largest absolute Gasteiger partial charge is 0.368 e. The van der Waals surface area contributed by atoms with E-state index in [1.54, 1.807) is 11.0 Å². The number of rotatable bonds is 4. The van der Waals surface area contributed by atoms with Crippen molar-refractivity contribution in [2.75, 3.05) is 31.1 Å². The molecule has 1 amide bonds. The zero-order chi connectivity index (χ0) is 22.0. The first-order chi connectivity index (χ1) is 14.9. The van der Waals surface area contributed by atoms with Crippen LogP contribution in [-0.2, 0) is 11.3 Å². The van der Waals surface area contributed by atoms with E-state index in [0.717, 1.165) is 21.3 Å². The van der Waals surface area contributed by atoms with E-state index in [9.17, 15) is 9.59 Å². The van der Waals surface area contributed by atoms with Crippen LogP contribution in [0, 0.1) is 6.92 Å². The molecule has 3 aromatic rings. The molecular weight excluding hydrogens is 480 g/mol. The van der Waals surface area contributed by atoms with Crippen LogP contribution >= 0.6 is 27.5 Å². The maximum absolute atomic E-state index is 12.9. The number of nitrogens with zero attached hydrogens (tertiary/aromatic N) is 4. The van der Waals surface area contributed by atoms with Gasteiger partial charge in [0, 0.05) is 53.0 Å². The Morgan fingerprint density at radius 3 is 2.45 bits per heavy atom. The van der Waals surface area contributed by atoms with Gasteiger partial charge in [-0.2, -0.15) is 5.10 Å². The number of piperazine rings is 1. The molecule has 0 radical (unpaired) electrons. The Morgan fingerprint density at radius 2 is 1.74 bits per heavy atom. The summed E-state index contributed by atoms with van der Waals surface area (Å²) >= 11 is 9.56. The smallest absolute Gasteiger partial charge is 0.267 e. The number of halogens is 2. The van der Waals surface area contributed by atoms with Crippen molar-refractivity contribution in [3.8, 4) is 11.3 Å². The fourth-order valence-corrected chi connectivity index (χ4v) is 4.12. The molecule has 1 fully saturated rings. The van der Waals surface area contributed by atoms with E-state index in [2.05, 4.69) is 32.9 Å². The number of carbonyl (C=O) groups is 1. The second-order valence-electron chi connectivity index (χ2n) is 7.52. The van der Waals surface area contributed by atoms with Crippen molar-refractivity contribution in [2.45, 2.75) is 13.5 Å². The van der Waals surface area contributed by atoms with Gasteiger partial charge in [-0.25, -0.2) is 4.68 Å². The SMILES string of the molecule is Cc1ccc(Cl)cc1N1CCN(C(=O)Cn2nc(-c3ccc(Br)cc3)ccc2=O)CC1. The Balaban J connectivity index is 1.43. The van der Waals surface area contributed by atoms with Crippen molar-refractivity contribution in [1.29, 1.82) is 0 Å². The van der Waals surface area contributed by atoms with Crippen LogP contribution in [0.4, 0.5) is 5.69 Å². The molecule has 0 saturated carbocycles. The minimum Gasteiger partial charge on any atom is -0.368 e. The molecule has 1 aliphatic heterocycles. The molecule has 0 bridgehead atoms. The standard InChI is InChI=1S/C23H22BrClN4O2/c1-16-2-7-19(25)14-21(16)27-10-12-28(13-11-27)23(31)15-29-22(30)9-8-20(26-29)17-3-5-18(24)6-4-17/h2-9,14H,10-13,15H2,1H3. The number of amides is 1. The predicted molar refractivity (Wildman–Crippen MR) is 127 cm³/mol. The van der Waals surface area contributed by atoms with Crippen LogP contribution in [0.3, 0.4) is 0 Å². The third-order valence-electron chi connectivity index (χ3n) is 5.44. The number of benzene rings is 2. The van der Waals surface area contributed by atoms with Gasteiger partial charge < -0.3 is 9.80 Å². The summed E-state index contributed by atoms with van der Waals surface area (Å²) in [5.41, 5.74) is 3.50. The van der Waals surface area contributed by atoms with Crippen LogP contribution in [-0.4, -0.2) is 46.8 Å². The zero-order valence-electron chi connectivity index (χ0n) is 17.1. The fourth-order valence-electron chi connectivity index (χ4n) is 3.68. The average molecular weight is 502 g/mol. The van der Waals surface area contributed by atoms with E-state index >= 15 is 0 Å². The minimum atomic E-state index is -0.289. The van der Waals surface area contributed by atoms with Gasteiger partial charge in [0.15, 0.2) is 0 Å². The van der Waals surface area contributed by atoms with E-state index in [1.165, 1.54) is 10.7 Å². The van der Waals surface area contributed by atoms with Crippen LogP contribution in [0.2, 0.25) is 5.02 Å². The Kier molecular flexibility index (Phi) is 6.43. The quantitative estimate of drug-likeness (QED) is 0.543. The Morgan fingerprint density at radius 1 is 1.03 bits per heavy atom. The van der Waals surface area contributed by atoms with Gasteiger partial charge in [-0.3, -0.25) is 9.59 Å². The van der Waals surface area contributed by atoms with Crippen molar-refractivity contribution in [3.63, 3.8) is 0 Å². The molecule has 0 atom stereocenters. The first-order valence-corrected chi connectivity index (χ1v) is 11.2. The van der Waals surface area contributed by atoms with Gasteiger partial charge in [-0.05, 0) is 42.8 Å². The Bertz CT molecular complexity index is 1150. The van der Waals surface area contributed by atoms with Crippen molar-refractivity contribution >= 4 is 39.1 Å². The molecule has 2 aromatic carbocycles. The average Bonchev–Trinajstić information content (AvgIpc) is 2.77. The Labute approximate surface area is 194 Å². The molecule has 8 heteroatoms. The lowest BCUT2D eigenvalue weighted by atomic mass is 10.1. The number of carbonyl (C=O) groups excluding carboxylic acids is 1. The topological polar surface area (TPSA) is 58.4 Å². The maximum Gasteiger partial charge on any atom is 0.267 e. The number of hydrogen-bond donors (Lipinski definition) is 0. The van der Waals surface area contributed by atoms with Gasteiger partial charge in [-0.1, -0.05) is 45.7 Å². The summed E-state index contributed by atoms with van der Waals surface area (Å²) in [5.74, 6) is -0.106. The minimum absolute atomic E-state index is 0.0700. The van der Waals surface area contributed by atoms with E-state index < -0.39 is 0 Å². The summed E-state index contributed by atoms with van der Waals surface area (Å²) in [6, 6.07) is 16.7. The van der Waals surface area contributed by atoms with Crippen molar-refractivity contribution in [1.82, 2.24) is 14.7 Å². The zero-order valence-corrected chi connectivity index (χ0v) is 19.4. The second kappa shape index (κ2) is 9.24. The molecule has 4 rings (SSSR count). The van der Waals surface area contributed by atoms with Crippen molar-refractivity contribution in [2.24, 2.45) is 0 Å². The lowest BCUT2D eigenvalue weighted by molar-refractivity contribution is -0.132. The van der Waals surface area contributed by atoms with E-state index in [1.807, 2.05) is 42.5 Å². The monoisotopic (exact) mass is 500 g/mol. The molecular formula is C23H22BrClN4O2. The van der Waals surface area contributed by atoms with Crippen LogP contribution in [0.5, 0.6) is 0 Å². The van der Waals surface area contributed by atoms with Crippen LogP contribution in [0.15, 0.2) is 63.9 Å². The molecule has 0 aliphatic carbocycles. The molecule has 160 valence electrons. The second-order valence-corrected chi connectivity index (χ2v) is 8.87. The third kappa shape index (κ3) is 4.99. The number of anilines is 1. The molecule has 1 aliphatic rings. The summed E-state index contributed by atoms with van der Waals surface area (Å²) < 4.78 is 2.21. The van der Waals surface area contributed by atoms with E-state index in [4.69, 9.17) is 11.6 Å². The highest BCUT2D eigenvalue weighted by atomic mass is 79.9. The molecule has 31 heavy (non-hydrogen) atoms. The molecule has 2 heterocycles. The highest BCUT2D eigenvalue weighted by Gasteiger charge is 2.23. The highest BCUT2D eigenvalue weighted by molar-refractivity contribution is 9.10. The van der Waals surface area contributed by atoms with Crippen molar-refractivity contribution in [3.05, 3.63) is 80.0 Å². The summed E-state index contributed by atoms with van der Waals surface area (Å²) in [4.78, 5) is 29.2. The van der Waals surface area contributed by atoms with Gasteiger partial charge in [-0.15, -0.1) is 0 Å². The van der Waals surface area contributed by atoms with E-state index in [-0.39, 0.29) is 18.0 Å². The van der Waals surface area contributed by atoms with Crippen LogP contribution < -0.4 is 10.5 Å². The lowest BCUT2D eigenvalue weighted by Crippen LogP contribution is -2.50. The predicted octanol–water partition coefficient (Wildman–Crippen LogP) is 3.98. The third-order valence-corrected chi connectivity index (χ3v) is 6.20. The summed E-state index contributed by atoms with van der Waals surface area (Å²) in [5, 5.41) is 5.11. The first kappa shape index (κ1) is 21.6. The number of aryl methyl sites for hydroxylation is 1. The van der Waals surface area contributed by atoms with Gasteiger partial charge in [0.2, 0.25) is 5.91 Å². The van der Waals surface area contributed by atoms with E-state index in [0.29, 0.717) is 36.9 Å². The molecule has 0 unspecified atom stereocenters. The van der Waals surface area contributed by atoms with Crippen LogP contribution in [0.1, 0.15) is 5.56 Å². The van der Waals surface area contributed by atoms with Crippen molar-refractivity contribution < 1.29 is 4.79 Å². The fraction of sp³-hybridized carbons (Fsp3) is 0.261. The summed E-state index contributed by atoms with van der Waals surface area (Å²) in [6.07, 6.45) is 0. The molecule has 0 N–H and O–H groups in total. The number of aromatic nitrogens is 2. The molecule has 0 spiro atoms.